The standard InChI is InChI=1S/C20H23N3O3/c1-15(16-7-3-2-4-8-16)14-21-20(24)18-13-17(23(25)26)9-10-19(18)22-11-5-6-12-22/h2-4,7-10,13,15H,5-6,11-12,14H2,1H3,(H,21,24)/t15-/m1/s1. The Kier molecular flexibility index (Phi) is 5.51. The van der Waals surface area contributed by atoms with Gasteiger partial charge < -0.3 is 10.2 Å². The van der Waals surface area contributed by atoms with Crippen LogP contribution in [0.4, 0.5) is 11.4 Å². The fraction of sp³-hybridized carbons (Fsp3) is 0.350. The van der Waals surface area contributed by atoms with Crippen LogP contribution in [-0.4, -0.2) is 30.5 Å². The molecule has 1 aliphatic rings. The molecule has 1 aliphatic heterocycles. The third-order valence-corrected chi connectivity index (χ3v) is 4.82. The molecule has 0 radical (unpaired) electrons. The number of carbonyl (C=O) groups excluding carboxylic acids is 1. The van der Waals surface area contributed by atoms with Crippen LogP contribution in [0.15, 0.2) is 48.5 Å². The lowest BCUT2D eigenvalue weighted by atomic mass is 10.0. The van der Waals surface area contributed by atoms with Crippen molar-refractivity contribution in [2.75, 3.05) is 24.5 Å². The highest BCUT2D eigenvalue weighted by atomic mass is 16.6. The molecule has 3 rings (SSSR count). The molecule has 1 saturated heterocycles. The number of nitro benzene ring substituents is 1. The first kappa shape index (κ1) is 17.9. The molecule has 2 aromatic rings. The number of nitrogens with zero attached hydrogens (tertiary/aromatic N) is 2. The highest BCUT2D eigenvalue weighted by Gasteiger charge is 2.22. The molecule has 0 aromatic heterocycles. The Morgan fingerprint density at radius 1 is 1.19 bits per heavy atom. The lowest BCUT2D eigenvalue weighted by Crippen LogP contribution is -2.30. The van der Waals surface area contributed by atoms with Gasteiger partial charge in [0.1, 0.15) is 0 Å². The number of rotatable bonds is 6. The zero-order valence-corrected chi connectivity index (χ0v) is 14.9. The van der Waals surface area contributed by atoms with Crippen LogP contribution in [0.1, 0.15) is 41.6 Å². The molecule has 0 saturated carbocycles. The first-order valence-electron chi connectivity index (χ1n) is 8.93. The van der Waals surface area contributed by atoms with Crippen molar-refractivity contribution in [1.82, 2.24) is 5.32 Å². The molecule has 6 heteroatoms. The molecule has 0 aliphatic carbocycles. The van der Waals surface area contributed by atoms with Gasteiger partial charge in [-0.3, -0.25) is 14.9 Å². The fourth-order valence-electron chi connectivity index (χ4n) is 3.29. The van der Waals surface area contributed by atoms with Gasteiger partial charge in [0.05, 0.1) is 16.2 Å². The number of hydrogen-bond donors (Lipinski definition) is 1. The SMILES string of the molecule is C[C@H](CNC(=O)c1cc([N+](=O)[O-])ccc1N1CCCC1)c1ccccc1. The molecule has 26 heavy (non-hydrogen) atoms. The molecule has 1 amide bonds. The normalized spacial score (nSPS) is 14.9. The largest absolute Gasteiger partial charge is 0.371 e. The van der Waals surface area contributed by atoms with Crippen LogP contribution in [0.3, 0.4) is 0 Å². The summed E-state index contributed by atoms with van der Waals surface area (Å²) in [5, 5.41) is 14.1. The number of nitro groups is 1. The first-order chi connectivity index (χ1) is 12.6. The molecule has 1 heterocycles. The van der Waals surface area contributed by atoms with Crippen LogP contribution in [0, 0.1) is 10.1 Å². The topological polar surface area (TPSA) is 75.5 Å². The van der Waals surface area contributed by atoms with Crippen molar-refractivity contribution in [2.45, 2.75) is 25.7 Å². The van der Waals surface area contributed by atoms with E-state index in [9.17, 15) is 14.9 Å². The highest BCUT2D eigenvalue weighted by molar-refractivity contribution is 6.00. The van der Waals surface area contributed by atoms with E-state index in [1.165, 1.54) is 12.1 Å². The number of nitrogens with one attached hydrogen (secondary N) is 1. The third kappa shape index (κ3) is 4.02. The van der Waals surface area contributed by atoms with Gasteiger partial charge in [-0.1, -0.05) is 37.3 Å². The van der Waals surface area contributed by atoms with Crippen LogP contribution >= 0.6 is 0 Å². The van der Waals surface area contributed by atoms with Gasteiger partial charge in [0.2, 0.25) is 0 Å². The van der Waals surface area contributed by atoms with E-state index < -0.39 is 4.92 Å². The number of anilines is 1. The smallest absolute Gasteiger partial charge is 0.270 e. The summed E-state index contributed by atoms with van der Waals surface area (Å²) in [5.41, 5.74) is 2.24. The maximum absolute atomic E-state index is 12.8. The summed E-state index contributed by atoms with van der Waals surface area (Å²) in [5.74, 6) is -0.104. The Morgan fingerprint density at radius 2 is 1.88 bits per heavy atom. The van der Waals surface area contributed by atoms with Gasteiger partial charge >= 0.3 is 0 Å². The number of non-ortho nitro benzene ring substituents is 1. The maximum Gasteiger partial charge on any atom is 0.270 e. The van der Waals surface area contributed by atoms with E-state index in [1.807, 2.05) is 37.3 Å². The first-order valence-corrected chi connectivity index (χ1v) is 8.93. The van der Waals surface area contributed by atoms with Crippen molar-refractivity contribution in [2.24, 2.45) is 0 Å². The van der Waals surface area contributed by atoms with Gasteiger partial charge in [-0.05, 0) is 30.4 Å². The van der Waals surface area contributed by atoms with Crippen LogP contribution in [0.25, 0.3) is 0 Å². The zero-order valence-electron chi connectivity index (χ0n) is 14.9. The van der Waals surface area contributed by atoms with Gasteiger partial charge in [-0.25, -0.2) is 0 Å². The van der Waals surface area contributed by atoms with E-state index in [2.05, 4.69) is 10.2 Å². The monoisotopic (exact) mass is 353 g/mol. The molecule has 1 N–H and O–H groups in total. The Morgan fingerprint density at radius 3 is 2.54 bits per heavy atom. The van der Waals surface area contributed by atoms with Crippen LogP contribution in [0.5, 0.6) is 0 Å². The van der Waals surface area contributed by atoms with E-state index in [-0.39, 0.29) is 17.5 Å². The van der Waals surface area contributed by atoms with Crippen LogP contribution in [0.2, 0.25) is 0 Å². The Labute approximate surface area is 153 Å². The Hall–Kier alpha value is -2.89. The molecule has 0 unspecified atom stereocenters. The molecule has 1 atom stereocenters. The predicted octanol–water partition coefficient (Wildman–Crippen LogP) is 3.73. The van der Waals surface area contributed by atoms with Gasteiger partial charge in [0.25, 0.3) is 11.6 Å². The maximum atomic E-state index is 12.8. The molecular formula is C20H23N3O3. The third-order valence-electron chi connectivity index (χ3n) is 4.82. The van der Waals surface area contributed by atoms with Crippen molar-refractivity contribution in [3.05, 3.63) is 69.8 Å². The van der Waals surface area contributed by atoms with Gasteiger partial charge in [0.15, 0.2) is 0 Å². The van der Waals surface area contributed by atoms with Crippen LogP contribution in [-0.2, 0) is 0 Å². The summed E-state index contributed by atoms with van der Waals surface area (Å²) >= 11 is 0. The number of carbonyl (C=O) groups is 1. The second kappa shape index (κ2) is 7.99. The van der Waals surface area contributed by atoms with Gasteiger partial charge in [-0.2, -0.15) is 0 Å². The van der Waals surface area contributed by atoms with Crippen molar-refractivity contribution in [3.8, 4) is 0 Å². The summed E-state index contributed by atoms with van der Waals surface area (Å²) < 4.78 is 0. The highest BCUT2D eigenvalue weighted by Crippen LogP contribution is 2.28. The summed E-state index contributed by atoms with van der Waals surface area (Å²) in [6, 6.07) is 14.5. The van der Waals surface area contributed by atoms with Crippen molar-refractivity contribution < 1.29 is 9.72 Å². The molecule has 0 bridgehead atoms. The van der Waals surface area contributed by atoms with Crippen molar-refractivity contribution in [1.29, 1.82) is 0 Å². The molecule has 2 aromatic carbocycles. The predicted molar refractivity (Wildman–Crippen MR) is 102 cm³/mol. The average Bonchev–Trinajstić information content (AvgIpc) is 3.20. The second-order valence-corrected chi connectivity index (χ2v) is 6.67. The lowest BCUT2D eigenvalue weighted by Gasteiger charge is -2.21. The Bertz CT molecular complexity index is 786. The average molecular weight is 353 g/mol. The van der Waals surface area contributed by atoms with E-state index >= 15 is 0 Å². The molecular weight excluding hydrogens is 330 g/mol. The van der Waals surface area contributed by atoms with Gasteiger partial charge in [0, 0.05) is 31.8 Å². The second-order valence-electron chi connectivity index (χ2n) is 6.67. The van der Waals surface area contributed by atoms with Crippen molar-refractivity contribution >= 4 is 17.3 Å². The number of benzene rings is 2. The van der Waals surface area contributed by atoms with E-state index in [0.717, 1.165) is 37.2 Å². The molecule has 1 fully saturated rings. The number of amides is 1. The summed E-state index contributed by atoms with van der Waals surface area (Å²) in [6.45, 7) is 4.27. The zero-order chi connectivity index (χ0) is 18.5. The minimum Gasteiger partial charge on any atom is -0.371 e. The Balaban J connectivity index is 1.78. The minimum absolute atomic E-state index is 0.0609. The molecule has 136 valence electrons. The van der Waals surface area contributed by atoms with Gasteiger partial charge in [-0.15, -0.1) is 0 Å². The molecule has 0 spiro atoms. The van der Waals surface area contributed by atoms with E-state index in [0.29, 0.717) is 12.1 Å². The quantitative estimate of drug-likeness (QED) is 0.634. The van der Waals surface area contributed by atoms with E-state index in [4.69, 9.17) is 0 Å². The summed E-state index contributed by atoms with van der Waals surface area (Å²) in [4.78, 5) is 25.6. The van der Waals surface area contributed by atoms with Crippen LogP contribution < -0.4 is 10.2 Å². The summed E-state index contributed by atoms with van der Waals surface area (Å²) in [6.07, 6.45) is 2.15. The lowest BCUT2D eigenvalue weighted by molar-refractivity contribution is -0.384. The number of hydrogen-bond acceptors (Lipinski definition) is 4. The minimum atomic E-state index is -0.461. The fourth-order valence-corrected chi connectivity index (χ4v) is 3.29. The summed E-state index contributed by atoms with van der Waals surface area (Å²) in [7, 11) is 0. The van der Waals surface area contributed by atoms with E-state index in [1.54, 1.807) is 6.07 Å². The van der Waals surface area contributed by atoms with Crippen molar-refractivity contribution in [3.63, 3.8) is 0 Å². The molecule has 6 nitrogen and oxygen atoms in total.